The highest BCUT2D eigenvalue weighted by Gasteiger charge is 2.31. The fourth-order valence-electron chi connectivity index (χ4n) is 4.50. The van der Waals surface area contributed by atoms with Gasteiger partial charge in [0.1, 0.15) is 23.7 Å². The molecule has 0 radical (unpaired) electrons. The second kappa shape index (κ2) is 13.8. The highest BCUT2D eigenvalue weighted by molar-refractivity contribution is 5.94. The van der Waals surface area contributed by atoms with Gasteiger partial charge in [-0.1, -0.05) is 62.4 Å². The molecule has 0 saturated carbocycles. The van der Waals surface area contributed by atoms with Crippen molar-refractivity contribution in [3.05, 3.63) is 71.9 Å². The zero-order valence-corrected chi connectivity index (χ0v) is 24.3. The van der Waals surface area contributed by atoms with Gasteiger partial charge in [0.05, 0.1) is 0 Å². The van der Waals surface area contributed by atoms with Gasteiger partial charge >= 0.3 is 6.09 Å². The van der Waals surface area contributed by atoms with Gasteiger partial charge in [0.15, 0.2) is 0 Å². The second-order valence-corrected chi connectivity index (χ2v) is 11.6. The Kier molecular flexibility index (Phi) is 10.5. The van der Waals surface area contributed by atoms with Crippen LogP contribution in [0.2, 0.25) is 0 Å². The zero-order chi connectivity index (χ0) is 30.2. The Balaban J connectivity index is 1.81. The van der Waals surface area contributed by atoms with Crippen molar-refractivity contribution >= 4 is 34.7 Å². The van der Waals surface area contributed by atoms with Gasteiger partial charge in [-0.05, 0) is 50.3 Å². The van der Waals surface area contributed by atoms with Gasteiger partial charge in [-0.25, -0.2) is 4.79 Å². The lowest BCUT2D eigenvalue weighted by Crippen LogP contribution is -2.57. The Morgan fingerprint density at radius 2 is 1.44 bits per heavy atom. The smallest absolute Gasteiger partial charge is 0.408 e. The summed E-state index contributed by atoms with van der Waals surface area (Å²) in [6.45, 7) is 9.04. The molecule has 0 aliphatic rings. The zero-order valence-electron chi connectivity index (χ0n) is 24.3. The molecule has 10 nitrogen and oxygen atoms in total. The molecule has 41 heavy (non-hydrogen) atoms. The maximum Gasteiger partial charge on any atom is 0.408 e. The number of H-pyrrole nitrogens is 1. The monoisotopic (exact) mass is 563 g/mol. The number of alkyl carbamates (subject to hydrolysis) is 1. The molecule has 0 fully saturated rings. The van der Waals surface area contributed by atoms with Crippen LogP contribution in [0.15, 0.2) is 60.8 Å². The predicted molar refractivity (Wildman–Crippen MR) is 158 cm³/mol. The van der Waals surface area contributed by atoms with Crippen molar-refractivity contribution < 1.29 is 23.9 Å². The maximum absolute atomic E-state index is 13.7. The fraction of sp³-hybridized carbons (Fsp3) is 0.419. The van der Waals surface area contributed by atoms with E-state index < -0.39 is 47.5 Å². The van der Waals surface area contributed by atoms with Crippen molar-refractivity contribution in [3.63, 3.8) is 0 Å². The SMILES string of the molecule is CC(C)C[C@@H](NC(=O)[C@@H](Cc1c[nH]c2ccccc12)NC(=O)OC(C)(C)C)C(=O)N[C@@H](Cc1ccccc1)C(N)=O. The van der Waals surface area contributed by atoms with E-state index in [0.29, 0.717) is 6.42 Å². The molecule has 0 bridgehead atoms. The lowest BCUT2D eigenvalue weighted by molar-refractivity contribution is -0.132. The number of hydrogen-bond acceptors (Lipinski definition) is 5. The number of nitrogens with two attached hydrogens (primary N) is 1. The summed E-state index contributed by atoms with van der Waals surface area (Å²) in [5.74, 6) is -1.73. The van der Waals surface area contributed by atoms with Gasteiger partial charge in [0.2, 0.25) is 17.7 Å². The third-order valence-electron chi connectivity index (χ3n) is 6.39. The summed E-state index contributed by atoms with van der Waals surface area (Å²) in [6, 6.07) is 13.9. The van der Waals surface area contributed by atoms with Crippen LogP contribution in [-0.2, 0) is 32.0 Å². The number of aromatic amines is 1. The number of rotatable bonds is 12. The van der Waals surface area contributed by atoms with Gasteiger partial charge in [-0.2, -0.15) is 0 Å². The van der Waals surface area contributed by atoms with E-state index in [1.807, 2.05) is 68.4 Å². The largest absolute Gasteiger partial charge is 0.444 e. The Morgan fingerprint density at radius 1 is 0.829 bits per heavy atom. The van der Waals surface area contributed by atoms with Gasteiger partial charge < -0.3 is 31.4 Å². The first-order valence-corrected chi connectivity index (χ1v) is 13.8. The van der Waals surface area contributed by atoms with Crippen LogP contribution in [0, 0.1) is 5.92 Å². The number of primary amides is 1. The first kappa shape index (κ1) is 31.2. The predicted octanol–water partition coefficient (Wildman–Crippen LogP) is 3.35. The number of ether oxygens (including phenoxy) is 1. The summed E-state index contributed by atoms with van der Waals surface area (Å²) in [6.07, 6.45) is 1.72. The Labute approximate surface area is 240 Å². The van der Waals surface area contributed by atoms with Crippen molar-refractivity contribution in [2.45, 2.75) is 77.6 Å². The highest BCUT2D eigenvalue weighted by atomic mass is 16.6. The Bertz CT molecular complexity index is 1350. The van der Waals surface area contributed by atoms with E-state index in [4.69, 9.17) is 10.5 Å². The number of para-hydroxylation sites is 1. The molecule has 4 amide bonds. The summed E-state index contributed by atoms with van der Waals surface area (Å²) in [5, 5.41) is 9.10. The van der Waals surface area contributed by atoms with Crippen molar-refractivity contribution in [1.82, 2.24) is 20.9 Å². The molecule has 0 unspecified atom stereocenters. The third-order valence-corrected chi connectivity index (χ3v) is 6.39. The molecule has 1 heterocycles. The van der Waals surface area contributed by atoms with E-state index in [9.17, 15) is 19.2 Å². The number of benzene rings is 2. The lowest BCUT2D eigenvalue weighted by atomic mass is 10.00. The standard InChI is InChI=1S/C31H41N5O5/c1-19(2)15-25(28(38)34-24(27(32)37)16-20-11-7-6-8-12-20)35-29(39)26(36-30(40)41-31(3,4)5)17-21-18-33-23-14-10-9-13-22(21)23/h6-14,18-19,24-26,33H,15-17H2,1-5H3,(H2,32,37)(H,34,38)(H,35,39)(H,36,40)/t24-,25+,26+/m0/s1. The summed E-state index contributed by atoms with van der Waals surface area (Å²) in [4.78, 5) is 55.1. The minimum Gasteiger partial charge on any atom is -0.444 e. The van der Waals surface area contributed by atoms with Crippen molar-refractivity contribution in [1.29, 1.82) is 0 Å². The van der Waals surface area contributed by atoms with Gasteiger partial charge in [0.25, 0.3) is 0 Å². The highest BCUT2D eigenvalue weighted by Crippen LogP contribution is 2.20. The summed E-state index contributed by atoms with van der Waals surface area (Å²) in [5.41, 5.74) is 7.38. The van der Waals surface area contributed by atoms with E-state index in [0.717, 1.165) is 22.0 Å². The number of nitrogens with one attached hydrogen (secondary N) is 4. The first-order valence-electron chi connectivity index (χ1n) is 13.8. The van der Waals surface area contributed by atoms with Crippen LogP contribution in [0.5, 0.6) is 0 Å². The average Bonchev–Trinajstić information content (AvgIpc) is 3.29. The number of fused-ring (bicyclic) bond motifs is 1. The molecule has 0 spiro atoms. The number of amides is 4. The maximum atomic E-state index is 13.7. The molecule has 1 aromatic heterocycles. The molecule has 220 valence electrons. The summed E-state index contributed by atoms with van der Waals surface area (Å²) < 4.78 is 5.41. The fourth-order valence-corrected chi connectivity index (χ4v) is 4.50. The van der Waals surface area contributed by atoms with Gasteiger partial charge in [-0.15, -0.1) is 0 Å². The summed E-state index contributed by atoms with van der Waals surface area (Å²) in [7, 11) is 0. The molecule has 3 atom stereocenters. The van der Waals surface area contributed by atoms with Crippen LogP contribution in [-0.4, -0.2) is 52.5 Å². The Hall–Kier alpha value is -4.34. The first-order chi connectivity index (χ1) is 19.3. The topological polar surface area (TPSA) is 155 Å². The molecule has 6 N–H and O–H groups in total. The van der Waals surface area contributed by atoms with E-state index in [-0.39, 0.29) is 18.8 Å². The Morgan fingerprint density at radius 3 is 2.07 bits per heavy atom. The van der Waals surface area contributed by atoms with Gasteiger partial charge in [0, 0.05) is 29.9 Å². The average molecular weight is 564 g/mol. The molecule has 0 aliphatic heterocycles. The quantitative estimate of drug-likeness (QED) is 0.229. The number of carbonyl (C=O) groups is 4. The van der Waals surface area contributed by atoms with Crippen LogP contribution < -0.4 is 21.7 Å². The van der Waals surface area contributed by atoms with Crippen LogP contribution in [0.4, 0.5) is 4.79 Å². The molecule has 3 aromatic rings. The normalized spacial score (nSPS) is 13.7. The molecular weight excluding hydrogens is 522 g/mol. The summed E-state index contributed by atoms with van der Waals surface area (Å²) >= 11 is 0. The van der Waals surface area contributed by atoms with Crippen molar-refractivity contribution in [3.8, 4) is 0 Å². The van der Waals surface area contributed by atoms with E-state index >= 15 is 0 Å². The number of hydrogen-bond donors (Lipinski definition) is 5. The molecule has 10 heteroatoms. The van der Waals surface area contributed by atoms with E-state index in [2.05, 4.69) is 20.9 Å². The minimum absolute atomic E-state index is 0.0399. The van der Waals surface area contributed by atoms with Crippen LogP contribution in [0.3, 0.4) is 0 Å². The third kappa shape index (κ3) is 9.66. The second-order valence-electron chi connectivity index (χ2n) is 11.6. The van der Waals surface area contributed by atoms with E-state index in [1.54, 1.807) is 27.0 Å². The van der Waals surface area contributed by atoms with Crippen LogP contribution in [0.25, 0.3) is 10.9 Å². The molecule has 0 saturated heterocycles. The van der Waals surface area contributed by atoms with E-state index in [1.165, 1.54) is 0 Å². The van der Waals surface area contributed by atoms with Crippen molar-refractivity contribution in [2.75, 3.05) is 0 Å². The number of aromatic nitrogens is 1. The lowest BCUT2D eigenvalue weighted by Gasteiger charge is -2.27. The number of carbonyl (C=O) groups excluding carboxylic acids is 4. The van der Waals surface area contributed by atoms with Crippen molar-refractivity contribution in [2.24, 2.45) is 11.7 Å². The minimum atomic E-state index is -1.04. The molecule has 2 aromatic carbocycles. The van der Waals surface area contributed by atoms with Gasteiger partial charge in [-0.3, -0.25) is 14.4 Å². The van der Waals surface area contributed by atoms with Crippen LogP contribution in [0.1, 0.15) is 52.2 Å². The van der Waals surface area contributed by atoms with Crippen LogP contribution >= 0.6 is 0 Å². The molecule has 3 rings (SSSR count). The molecular formula is C31H41N5O5. The molecule has 0 aliphatic carbocycles.